The van der Waals surface area contributed by atoms with Gasteiger partial charge in [0.05, 0.1) is 17.4 Å². The fourth-order valence-electron chi connectivity index (χ4n) is 1.88. The molecule has 1 unspecified atom stereocenters. The molecule has 0 bridgehead atoms. The van der Waals surface area contributed by atoms with Crippen molar-refractivity contribution in [2.45, 2.75) is 32.3 Å². The molecule has 1 aliphatic heterocycles. The number of carbonyl (C=O) groups is 1. The van der Waals surface area contributed by atoms with Gasteiger partial charge in [0, 0.05) is 6.61 Å². The van der Waals surface area contributed by atoms with Crippen LogP contribution in [0.5, 0.6) is 0 Å². The highest BCUT2D eigenvalue weighted by atomic mass is 16.5. The van der Waals surface area contributed by atoms with E-state index < -0.39 is 5.97 Å². The van der Waals surface area contributed by atoms with E-state index in [1.807, 2.05) is 0 Å². The maximum absolute atomic E-state index is 10.9. The summed E-state index contributed by atoms with van der Waals surface area (Å²) in [5.41, 5.74) is 1.21. The number of ether oxygens (including phenoxy) is 1. The number of aryl methyl sites for hydroxylation is 1. The number of nitrogens with zero attached hydrogens (tertiary/aromatic N) is 1. The van der Waals surface area contributed by atoms with Gasteiger partial charge in [0.15, 0.2) is 0 Å². The van der Waals surface area contributed by atoms with Crippen molar-refractivity contribution in [3.8, 4) is 0 Å². The Hall–Kier alpha value is -1.36. The van der Waals surface area contributed by atoms with Gasteiger partial charge in [-0.25, -0.2) is 4.79 Å². The first-order valence-corrected chi connectivity index (χ1v) is 5.01. The second-order valence-corrected chi connectivity index (χ2v) is 3.67. The van der Waals surface area contributed by atoms with Gasteiger partial charge in [0.25, 0.3) is 0 Å². The summed E-state index contributed by atoms with van der Waals surface area (Å²) in [4.78, 5) is 10.9. The van der Waals surface area contributed by atoms with Crippen LogP contribution in [0.3, 0.4) is 0 Å². The Kier molecular flexibility index (Phi) is 2.73. The summed E-state index contributed by atoms with van der Waals surface area (Å²) in [5, 5.41) is 12.6. The molecule has 2 rings (SSSR count). The standard InChI is InChI=1S/C10H13NO4/c1-6-8(7-4-2-3-5-14-7)9(10(12)13)15-11-6/h7H,2-5H2,1H3,(H,12,13). The Bertz CT molecular complexity index is 365. The van der Waals surface area contributed by atoms with Gasteiger partial charge in [-0.05, 0) is 26.2 Å². The van der Waals surface area contributed by atoms with Gasteiger partial charge in [-0.3, -0.25) is 0 Å². The first-order chi connectivity index (χ1) is 7.20. The van der Waals surface area contributed by atoms with Crippen LogP contribution in [0.4, 0.5) is 0 Å². The number of hydrogen-bond acceptors (Lipinski definition) is 4. The molecule has 0 spiro atoms. The fraction of sp³-hybridized carbons (Fsp3) is 0.600. The molecule has 0 radical (unpaired) electrons. The lowest BCUT2D eigenvalue weighted by atomic mass is 10.00. The Morgan fingerprint density at radius 1 is 1.53 bits per heavy atom. The van der Waals surface area contributed by atoms with Gasteiger partial charge in [0.1, 0.15) is 0 Å². The second-order valence-electron chi connectivity index (χ2n) is 3.67. The highest BCUT2D eigenvalue weighted by Gasteiger charge is 2.28. The molecule has 5 nitrogen and oxygen atoms in total. The molecule has 0 aliphatic carbocycles. The van der Waals surface area contributed by atoms with E-state index in [0.717, 1.165) is 19.3 Å². The molecule has 1 atom stereocenters. The van der Waals surface area contributed by atoms with Crippen molar-refractivity contribution in [2.24, 2.45) is 0 Å². The molecule has 1 fully saturated rings. The molecule has 1 aliphatic rings. The topological polar surface area (TPSA) is 72.6 Å². The summed E-state index contributed by atoms with van der Waals surface area (Å²) in [7, 11) is 0. The predicted octanol–water partition coefficient (Wildman–Crippen LogP) is 1.92. The van der Waals surface area contributed by atoms with Gasteiger partial charge in [0.2, 0.25) is 5.76 Å². The highest BCUT2D eigenvalue weighted by Crippen LogP contribution is 2.32. The number of aromatic carboxylic acids is 1. The van der Waals surface area contributed by atoms with Crippen LogP contribution in [0.15, 0.2) is 4.52 Å². The molecular weight excluding hydrogens is 198 g/mol. The lowest BCUT2D eigenvalue weighted by molar-refractivity contribution is 0.0128. The first kappa shape index (κ1) is 10.2. The SMILES string of the molecule is Cc1noc(C(=O)O)c1C1CCCCO1. The molecule has 1 aromatic rings. The average Bonchev–Trinajstić information content (AvgIpc) is 2.61. The minimum Gasteiger partial charge on any atom is -0.475 e. The van der Waals surface area contributed by atoms with Gasteiger partial charge in [-0.1, -0.05) is 5.16 Å². The van der Waals surface area contributed by atoms with Crippen molar-refractivity contribution in [3.05, 3.63) is 17.0 Å². The zero-order valence-corrected chi connectivity index (χ0v) is 8.52. The Balaban J connectivity index is 2.32. The van der Waals surface area contributed by atoms with Gasteiger partial charge < -0.3 is 14.4 Å². The molecular formula is C10H13NO4. The monoisotopic (exact) mass is 211 g/mol. The number of carboxylic acid groups (broad SMARTS) is 1. The largest absolute Gasteiger partial charge is 0.475 e. The molecule has 0 aromatic carbocycles. The summed E-state index contributed by atoms with van der Waals surface area (Å²) in [5.74, 6) is -1.17. The predicted molar refractivity (Wildman–Crippen MR) is 50.7 cm³/mol. The normalized spacial score (nSPS) is 21.5. The van der Waals surface area contributed by atoms with Crippen molar-refractivity contribution >= 4 is 5.97 Å². The maximum atomic E-state index is 10.9. The van der Waals surface area contributed by atoms with Crippen LogP contribution in [0.1, 0.15) is 47.2 Å². The summed E-state index contributed by atoms with van der Waals surface area (Å²) < 4.78 is 10.3. The minimum atomic E-state index is -1.08. The zero-order valence-electron chi connectivity index (χ0n) is 8.52. The van der Waals surface area contributed by atoms with E-state index in [9.17, 15) is 4.79 Å². The molecule has 5 heteroatoms. The Morgan fingerprint density at radius 3 is 2.93 bits per heavy atom. The van der Waals surface area contributed by atoms with Crippen molar-refractivity contribution in [3.63, 3.8) is 0 Å². The van der Waals surface area contributed by atoms with Crippen LogP contribution in [0.2, 0.25) is 0 Å². The van der Waals surface area contributed by atoms with Crippen molar-refractivity contribution < 1.29 is 19.2 Å². The van der Waals surface area contributed by atoms with E-state index >= 15 is 0 Å². The van der Waals surface area contributed by atoms with E-state index in [0.29, 0.717) is 17.9 Å². The third-order valence-electron chi connectivity index (χ3n) is 2.60. The van der Waals surface area contributed by atoms with Crippen molar-refractivity contribution in [1.29, 1.82) is 0 Å². The summed E-state index contributed by atoms with van der Waals surface area (Å²) in [6.07, 6.45) is 2.75. The van der Waals surface area contributed by atoms with Crippen molar-refractivity contribution in [1.82, 2.24) is 5.16 Å². The van der Waals surface area contributed by atoms with Gasteiger partial charge in [-0.2, -0.15) is 0 Å². The number of hydrogen-bond donors (Lipinski definition) is 1. The molecule has 0 saturated carbocycles. The number of aromatic nitrogens is 1. The van der Waals surface area contributed by atoms with Gasteiger partial charge in [-0.15, -0.1) is 0 Å². The van der Waals surface area contributed by atoms with Crippen LogP contribution in [-0.2, 0) is 4.74 Å². The summed E-state index contributed by atoms with van der Waals surface area (Å²) in [6.45, 7) is 2.41. The molecule has 82 valence electrons. The van der Waals surface area contributed by atoms with Crippen LogP contribution >= 0.6 is 0 Å². The summed E-state index contributed by atoms with van der Waals surface area (Å²) in [6, 6.07) is 0. The number of carboxylic acids is 1. The smallest absolute Gasteiger partial charge is 0.375 e. The molecule has 15 heavy (non-hydrogen) atoms. The highest BCUT2D eigenvalue weighted by molar-refractivity contribution is 5.86. The first-order valence-electron chi connectivity index (χ1n) is 5.01. The zero-order chi connectivity index (χ0) is 10.8. The van der Waals surface area contributed by atoms with Crippen LogP contribution in [0.25, 0.3) is 0 Å². The molecule has 1 N–H and O–H groups in total. The molecule has 0 amide bonds. The third-order valence-corrected chi connectivity index (χ3v) is 2.60. The van der Waals surface area contributed by atoms with E-state index in [-0.39, 0.29) is 11.9 Å². The van der Waals surface area contributed by atoms with Crippen molar-refractivity contribution in [2.75, 3.05) is 6.61 Å². The van der Waals surface area contributed by atoms with E-state index in [1.54, 1.807) is 6.92 Å². The lowest BCUT2D eigenvalue weighted by Crippen LogP contribution is -2.14. The number of rotatable bonds is 2. The molecule has 2 heterocycles. The van der Waals surface area contributed by atoms with Gasteiger partial charge >= 0.3 is 5.97 Å². The molecule has 1 aromatic heterocycles. The Labute approximate surface area is 87.0 Å². The average molecular weight is 211 g/mol. The maximum Gasteiger partial charge on any atom is 0.375 e. The quantitative estimate of drug-likeness (QED) is 0.809. The van der Waals surface area contributed by atoms with Crippen LogP contribution < -0.4 is 0 Å². The molecule has 1 saturated heterocycles. The second kappa shape index (κ2) is 4.02. The minimum absolute atomic E-state index is 0.0839. The fourth-order valence-corrected chi connectivity index (χ4v) is 1.88. The third kappa shape index (κ3) is 1.87. The summed E-state index contributed by atoms with van der Waals surface area (Å²) >= 11 is 0. The van der Waals surface area contributed by atoms with E-state index in [2.05, 4.69) is 5.16 Å². The lowest BCUT2D eigenvalue weighted by Gasteiger charge is -2.22. The van der Waals surface area contributed by atoms with E-state index in [4.69, 9.17) is 14.4 Å². The Morgan fingerprint density at radius 2 is 2.33 bits per heavy atom. The van der Waals surface area contributed by atoms with E-state index in [1.165, 1.54) is 0 Å². The van der Waals surface area contributed by atoms with Crippen LogP contribution in [0, 0.1) is 6.92 Å². The van der Waals surface area contributed by atoms with Crippen LogP contribution in [-0.4, -0.2) is 22.8 Å².